The largest absolute Gasteiger partial charge is 0.467 e. The van der Waals surface area contributed by atoms with Crippen molar-refractivity contribution in [1.29, 1.82) is 0 Å². The average molecular weight is 407 g/mol. The molecule has 0 spiro atoms. The minimum absolute atomic E-state index is 0.0720. The highest BCUT2D eigenvalue weighted by Gasteiger charge is 2.19. The van der Waals surface area contributed by atoms with Crippen molar-refractivity contribution in [3.8, 4) is 0 Å². The van der Waals surface area contributed by atoms with Crippen molar-refractivity contribution in [1.82, 2.24) is 20.3 Å². The number of hydrogen-bond donors (Lipinski definition) is 2. The Balaban J connectivity index is 1.42. The van der Waals surface area contributed by atoms with E-state index in [-0.39, 0.29) is 5.91 Å². The molecule has 0 saturated carbocycles. The first-order chi connectivity index (χ1) is 14.2. The zero-order chi connectivity index (χ0) is 20.1. The lowest BCUT2D eigenvalue weighted by atomic mass is 10.1. The first-order valence-corrected chi connectivity index (χ1v) is 10.2. The number of hydrogen-bond acceptors (Lipinski definition) is 7. The molecule has 0 aliphatic heterocycles. The minimum atomic E-state index is -0.0720. The van der Waals surface area contributed by atoms with Gasteiger partial charge in [0.1, 0.15) is 22.7 Å². The molecular formula is C21H21N5O2S. The van der Waals surface area contributed by atoms with Crippen molar-refractivity contribution < 1.29 is 9.21 Å². The molecule has 0 atom stereocenters. The van der Waals surface area contributed by atoms with Gasteiger partial charge in [0.15, 0.2) is 0 Å². The number of anilines is 1. The van der Waals surface area contributed by atoms with E-state index in [0.29, 0.717) is 23.8 Å². The fraction of sp³-hybridized carbons (Fsp3) is 0.238. The predicted molar refractivity (Wildman–Crippen MR) is 113 cm³/mol. The fourth-order valence-electron chi connectivity index (χ4n) is 3.13. The van der Waals surface area contributed by atoms with Crippen molar-refractivity contribution in [3.63, 3.8) is 0 Å². The summed E-state index contributed by atoms with van der Waals surface area (Å²) in [4.78, 5) is 26.9. The predicted octanol–water partition coefficient (Wildman–Crippen LogP) is 3.96. The van der Waals surface area contributed by atoms with Gasteiger partial charge < -0.3 is 15.1 Å². The summed E-state index contributed by atoms with van der Waals surface area (Å²) in [6.07, 6.45) is 8.49. The lowest BCUT2D eigenvalue weighted by Gasteiger charge is -2.06. The third kappa shape index (κ3) is 4.43. The maximum Gasteiger partial charge on any atom is 0.261 e. The lowest BCUT2D eigenvalue weighted by molar-refractivity contribution is 0.0957. The van der Waals surface area contributed by atoms with Crippen molar-refractivity contribution >= 4 is 33.3 Å². The molecule has 8 heteroatoms. The van der Waals surface area contributed by atoms with Gasteiger partial charge in [-0.3, -0.25) is 9.78 Å². The standard InChI is InChI=1S/C21H21N5O2S/c1-14-17-19(24-12-16-5-3-11-28-16)25-13-26-21(17)29-18(14)20(27)23-8-2-4-15-6-9-22-10-7-15/h3,5-7,9-11,13H,2,4,8,12H2,1H3,(H,23,27)(H,24,25,26). The van der Waals surface area contributed by atoms with E-state index in [9.17, 15) is 4.79 Å². The van der Waals surface area contributed by atoms with Crippen LogP contribution in [0.1, 0.15) is 33.0 Å². The molecule has 0 bridgehead atoms. The zero-order valence-electron chi connectivity index (χ0n) is 16.0. The molecule has 4 aromatic rings. The van der Waals surface area contributed by atoms with E-state index < -0.39 is 0 Å². The van der Waals surface area contributed by atoms with Crippen LogP contribution >= 0.6 is 11.3 Å². The smallest absolute Gasteiger partial charge is 0.261 e. The first-order valence-electron chi connectivity index (χ1n) is 9.40. The average Bonchev–Trinajstić information content (AvgIpc) is 3.39. The van der Waals surface area contributed by atoms with Crippen LogP contribution in [0.15, 0.2) is 53.7 Å². The number of fused-ring (bicyclic) bond motifs is 1. The number of carbonyl (C=O) groups excluding carboxylic acids is 1. The van der Waals surface area contributed by atoms with E-state index in [4.69, 9.17) is 4.42 Å². The van der Waals surface area contributed by atoms with Crippen LogP contribution in [0.25, 0.3) is 10.2 Å². The fourth-order valence-corrected chi connectivity index (χ4v) is 4.20. The van der Waals surface area contributed by atoms with Crippen LogP contribution in [-0.4, -0.2) is 27.4 Å². The van der Waals surface area contributed by atoms with Crippen molar-refractivity contribution in [2.45, 2.75) is 26.3 Å². The van der Waals surface area contributed by atoms with Crippen LogP contribution in [0.5, 0.6) is 0 Å². The van der Waals surface area contributed by atoms with Gasteiger partial charge in [-0.2, -0.15) is 0 Å². The molecule has 4 aromatic heterocycles. The number of pyridine rings is 1. The van der Waals surface area contributed by atoms with E-state index in [0.717, 1.165) is 34.4 Å². The number of amides is 1. The third-order valence-electron chi connectivity index (χ3n) is 4.62. The molecule has 4 rings (SSSR count). The summed E-state index contributed by atoms with van der Waals surface area (Å²) in [6.45, 7) is 3.07. The maximum atomic E-state index is 12.7. The van der Waals surface area contributed by atoms with E-state index in [1.807, 2.05) is 31.2 Å². The van der Waals surface area contributed by atoms with Gasteiger partial charge in [0.25, 0.3) is 5.91 Å². The highest BCUT2D eigenvalue weighted by atomic mass is 32.1. The number of aromatic nitrogens is 3. The molecule has 1 amide bonds. The molecule has 0 aromatic carbocycles. The van der Waals surface area contributed by atoms with E-state index in [2.05, 4.69) is 25.6 Å². The Bertz CT molecular complexity index is 1090. The van der Waals surface area contributed by atoms with Crippen molar-refractivity contribution in [2.24, 2.45) is 0 Å². The topological polar surface area (TPSA) is 92.9 Å². The lowest BCUT2D eigenvalue weighted by Crippen LogP contribution is -2.24. The molecule has 0 radical (unpaired) electrons. The quantitative estimate of drug-likeness (QED) is 0.430. The molecule has 2 N–H and O–H groups in total. The Hall–Kier alpha value is -3.26. The number of carbonyl (C=O) groups is 1. The molecule has 0 aliphatic carbocycles. The molecule has 4 heterocycles. The number of thiophene rings is 1. The number of rotatable bonds is 8. The molecule has 0 aliphatic rings. The monoisotopic (exact) mass is 407 g/mol. The van der Waals surface area contributed by atoms with Gasteiger partial charge in [0.05, 0.1) is 23.1 Å². The molecule has 7 nitrogen and oxygen atoms in total. The Morgan fingerprint density at radius 1 is 1.21 bits per heavy atom. The SMILES string of the molecule is Cc1c(C(=O)NCCCc2ccncc2)sc2ncnc(NCc3ccco3)c12. The van der Waals surface area contributed by atoms with Crippen LogP contribution < -0.4 is 10.6 Å². The summed E-state index contributed by atoms with van der Waals surface area (Å²) in [6, 6.07) is 7.73. The summed E-state index contributed by atoms with van der Waals surface area (Å²) < 4.78 is 5.36. The van der Waals surface area contributed by atoms with Gasteiger partial charge in [0.2, 0.25) is 0 Å². The summed E-state index contributed by atoms with van der Waals surface area (Å²) in [7, 11) is 0. The summed E-state index contributed by atoms with van der Waals surface area (Å²) in [5, 5.41) is 7.18. The van der Waals surface area contributed by atoms with Crippen LogP contribution in [0.2, 0.25) is 0 Å². The van der Waals surface area contributed by atoms with Crippen LogP contribution in [0.4, 0.5) is 5.82 Å². The van der Waals surface area contributed by atoms with Crippen LogP contribution in [0.3, 0.4) is 0 Å². The number of aryl methyl sites for hydroxylation is 2. The number of nitrogens with one attached hydrogen (secondary N) is 2. The second kappa shape index (κ2) is 8.83. The van der Waals surface area contributed by atoms with Gasteiger partial charge >= 0.3 is 0 Å². The normalized spacial score (nSPS) is 10.9. The number of furan rings is 1. The Kier molecular flexibility index (Phi) is 5.81. The Labute approximate surface area is 172 Å². The molecular weight excluding hydrogens is 386 g/mol. The second-order valence-corrected chi connectivity index (χ2v) is 7.61. The van der Waals surface area contributed by atoms with E-state index in [1.54, 1.807) is 18.7 Å². The Morgan fingerprint density at radius 2 is 2.07 bits per heavy atom. The molecule has 29 heavy (non-hydrogen) atoms. The highest BCUT2D eigenvalue weighted by molar-refractivity contribution is 7.20. The van der Waals surface area contributed by atoms with Crippen molar-refractivity contribution in [3.05, 3.63) is 71.0 Å². The first kappa shape index (κ1) is 19.1. The van der Waals surface area contributed by atoms with Gasteiger partial charge in [0, 0.05) is 18.9 Å². The van der Waals surface area contributed by atoms with Crippen LogP contribution in [0, 0.1) is 6.92 Å². The molecule has 0 saturated heterocycles. The highest BCUT2D eigenvalue weighted by Crippen LogP contribution is 2.33. The van der Waals surface area contributed by atoms with Gasteiger partial charge in [-0.1, -0.05) is 0 Å². The van der Waals surface area contributed by atoms with Gasteiger partial charge in [-0.25, -0.2) is 9.97 Å². The zero-order valence-corrected chi connectivity index (χ0v) is 16.8. The third-order valence-corrected chi connectivity index (χ3v) is 5.82. The molecule has 148 valence electrons. The Morgan fingerprint density at radius 3 is 2.86 bits per heavy atom. The van der Waals surface area contributed by atoms with Crippen molar-refractivity contribution in [2.75, 3.05) is 11.9 Å². The van der Waals surface area contributed by atoms with Gasteiger partial charge in [-0.05, 0) is 55.2 Å². The van der Waals surface area contributed by atoms with E-state index in [1.165, 1.54) is 23.2 Å². The summed E-state index contributed by atoms with van der Waals surface area (Å²) in [5.74, 6) is 1.45. The molecule has 0 fully saturated rings. The summed E-state index contributed by atoms with van der Waals surface area (Å²) in [5.41, 5.74) is 2.11. The van der Waals surface area contributed by atoms with Gasteiger partial charge in [-0.15, -0.1) is 11.3 Å². The molecule has 0 unspecified atom stereocenters. The van der Waals surface area contributed by atoms with Crippen LogP contribution in [-0.2, 0) is 13.0 Å². The van der Waals surface area contributed by atoms with E-state index >= 15 is 0 Å². The summed E-state index contributed by atoms with van der Waals surface area (Å²) >= 11 is 1.39. The minimum Gasteiger partial charge on any atom is -0.467 e. The number of nitrogens with zero attached hydrogens (tertiary/aromatic N) is 3. The second-order valence-electron chi connectivity index (χ2n) is 6.61. The maximum absolute atomic E-state index is 12.7.